The molecule has 0 bridgehead atoms. The quantitative estimate of drug-likeness (QED) is 0.316. The maximum atomic E-state index is 13.7. The van der Waals surface area contributed by atoms with E-state index in [1.54, 1.807) is 44.3 Å². The number of benzene rings is 3. The van der Waals surface area contributed by atoms with Crippen molar-refractivity contribution < 1.29 is 13.9 Å². The Labute approximate surface area is 203 Å². The molecule has 1 aromatic heterocycles. The van der Waals surface area contributed by atoms with Gasteiger partial charge in [-0.3, -0.25) is 4.57 Å². The van der Waals surface area contributed by atoms with Crippen LogP contribution in [0.15, 0.2) is 72.0 Å². The van der Waals surface area contributed by atoms with Crippen LogP contribution in [0.4, 0.5) is 4.39 Å². The number of methoxy groups -OCH3 is 2. The van der Waals surface area contributed by atoms with Gasteiger partial charge in [0, 0.05) is 11.4 Å². The highest BCUT2D eigenvalue weighted by molar-refractivity contribution is 7.98. The van der Waals surface area contributed by atoms with Crippen LogP contribution >= 0.6 is 11.8 Å². The molecule has 0 radical (unpaired) electrons. The van der Waals surface area contributed by atoms with Crippen LogP contribution in [-0.2, 0) is 5.75 Å². The van der Waals surface area contributed by atoms with Gasteiger partial charge in [-0.2, -0.15) is 0 Å². The normalized spacial score (nSPS) is 11.9. The van der Waals surface area contributed by atoms with E-state index in [0.29, 0.717) is 11.5 Å². The molecule has 5 nitrogen and oxygen atoms in total. The second-order valence-corrected chi connectivity index (χ2v) is 8.97. The fraction of sp³-hybridized carbons (Fsp3) is 0.222. The molecule has 0 fully saturated rings. The van der Waals surface area contributed by atoms with E-state index >= 15 is 0 Å². The minimum Gasteiger partial charge on any atom is -0.493 e. The second-order valence-electron chi connectivity index (χ2n) is 8.03. The Morgan fingerprint density at radius 1 is 0.971 bits per heavy atom. The average Bonchev–Trinajstić information content (AvgIpc) is 3.27. The van der Waals surface area contributed by atoms with Gasteiger partial charge in [-0.1, -0.05) is 36.0 Å². The summed E-state index contributed by atoms with van der Waals surface area (Å²) in [5, 5.41) is 0.792. The van der Waals surface area contributed by atoms with Crippen LogP contribution < -0.4 is 15.2 Å². The topological polar surface area (TPSA) is 62.3 Å². The molecule has 4 aromatic rings. The number of imidazole rings is 1. The van der Waals surface area contributed by atoms with Crippen molar-refractivity contribution in [2.45, 2.75) is 30.8 Å². The number of hydrogen-bond donors (Lipinski definition) is 1. The molecule has 34 heavy (non-hydrogen) atoms. The number of halogens is 1. The van der Waals surface area contributed by atoms with E-state index in [4.69, 9.17) is 20.2 Å². The fourth-order valence-electron chi connectivity index (χ4n) is 3.95. The zero-order valence-electron chi connectivity index (χ0n) is 19.7. The van der Waals surface area contributed by atoms with Gasteiger partial charge >= 0.3 is 0 Å². The Morgan fingerprint density at radius 2 is 1.65 bits per heavy atom. The molecular weight excluding hydrogens is 449 g/mol. The van der Waals surface area contributed by atoms with Gasteiger partial charge in [0.05, 0.1) is 32.2 Å². The van der Waals surface area contributed by atoms with Crippen molar-refractivity contribution in [2.75, 3.05) is 14.2 Å². The van der Waals surface area contributed by atoms with Crippen molar-refractivity contribution in [1.29, 1.82) is 0 Å². The van der Waals surface area contributed by atoms with Gasteiger partial charge in [0.25, 0.3) is 0 Å². The molecule has 1 atom stereocenters. The fourth-order valence-corrected chi connectivity index (χ4v) is 5.14. The number of ether oxygens (including phenoxy) is 2. The molecule has 4 rings (SSSR count). The van der Waals surface area contributed by atoms with Gasteiger partial charge in [0.2, 0.25) is 0 Å². The molecule has 7 heteroatoms. The van der Waals surface area contributed by atoms with Crippen LogP contribution in [0.5, 0.6) is 11.5 Å². The van der Waals surface area contributed by atoms with Crippen molar-refractivity contribution >= 4 is 11.8 Å². The number of thioether (sulfide) groups is 1. The Morgan fingerprint density at radius 3 is 2.29 bits per heavy atom. The number of hydrogen-bond acceptors (Lipinski definition) is 5. The van der Waals surface area contributed by atoms with Crippen molar-refractivity contribution in [3.63, 3.8) is 0 Å². The highest BCUT2D eigenvalue weighted by Crippen LogP contribution is 2.35. The van der Waals surface area contributed by atoms with Crippen LogP contribution in [-0.4, -0.2) is 23.8 Å². The molecule has 1 heterocycles. The summed E-state index contributed by atoms with van der Waals surface area (Å²) in [5.41, 5.74) is 13.0. The second kappa shape index (κ2) is 10.3. The predicted molar refractivity (Wildman–Crippen MR) is 135 cm³/mol. The number of nitrogens with zero attached hydrogens (tertiary/aromatic N) is 2. The number of rotatable bonds is 8. The monoisotopic (exact) mass is 477 g/mol. The Hall–Kier alpha value is -3.29. The molecule has 176 valence electrons. The summed E-state index contributed by atoms with van der Waals surface area (Å²) in [6.45, 7) is 4.24. The number of aryl methyl sites for hydroxylation is 2. The van der Waals surface area contributed by atoms with Gasteiger partial charge in [-0.25, -0.2) is 9.37 Å². The molecule has 0 amide bonds. The summed E-state index contributed by atoms with van der Waals surface area (Å²) in [5.74, 6) is 1.71. The number of aromatic nitrogens is 2. The summed E-state index contributed by atoms with van der Waals surface area (Å²) in [6.07, 6.45) is 1.79. The van der Waals surface area contributed by atoms with Crippen LogP contribution in [0.2, 0.25) is 0 Å². The summed E-state index contributed by atoms with van der Waals surface area (Å²) in [4.78, 5) is 4.71. The Balaban J connectivity index is 1.74. The third-order valence-corrected chi connectivity index (χ3v) is 6.90. The zero-order valence-corrected chi connectivity index (χ0v) is 20.5. The van der Waals surface area contributed by atoms with Crippen molar-refractivity contribution in [1.82, 2.24) is 9.55 Å². The van der Waals surface area contributed by atoms with Crippen molar-refractivity contribution in [3.8, 4) is 17.2 Å². The lowest BCUT2D eigenvalue weighted by atomic mass is 10.0. The predicted octanol–water partition coefficient (Wildman–Crippen LogP) is 5.99. The van der Waals surface area contributed by atoms with E-state index in [2.05, 4.69) is 32.0 Å². The third-order valence-electron chi connectivity index (χ3n) is 5.92. The minimum atomic E-state index is -0.480. The first-order chi connectivity index (χ1) is 16.4. The highest BCUT2D eigenvalue weighted by Gasteiger charge is 2.21. The van der Waals surface area contributed by atoms with Gasteiger partial charge in [0.1, 0.15) is 5.82 Å². The lowest BCUT2D eigenvalue weighted by molar-refractivity contribution is 0.354. The van der Waals surface area contributed by atoms with E-state index in [9.17, 15) is 4.39 Å². The van der Waals surface area contributed by atoms with Gasteiger partial charge < -0.3 is 15.2 Å². The molecule has 3 aromatic carbocycles. The SMILES string of the molecule is COc1ccc(C(N)c2cnc(SCc3c(C)cccc3C)n2-c2ccc(F)cc2)cc1OC. The van der Waals surface area contributed by atoms with Crippen LogP contribution in [0.3, 0.4) is 0 Å². The molecule has 0 saturated carbocycles. The van der Waals surface area contributed by atoms with Crippen LogP contribution in [0, 0.1) is 19.7 Å². The highest BCUT2D eigenvalue weighted by atomic mass is 32.2. The van der Waals surface area contributed by atoms with E-state index in [1.165, 1.54) is 28.8 Å². The molecule has 0 aliphatic carbocycles. The van der Waals surface area contributed by atoms with Gasteiger partial charge in [0.15, 0.2) is 16.7 Å². The maximum absolute atomic E-state index is 13.7. The van der Waals surface area contributed by atoms with Crippen LogP contribution in [0.1, 0.15) is 34.0 Å². The first-order valence-corrected chi connectivity index (χ1v) is 11.9. The molecule has 0 saturated heterocycles. The zero-order chi connectivity index (χ0) is 24.2. The minimum absolute atomic E-state index is 0.292. The average molecular weight is 478 g/mol. The summed E-state index contributed by atoms with van der Waals surface area (Å²) >= 11 is 1.63. The standard InChI is InChI=1S/C27H28FN3O2S/c1-17-6-5-7-18(2)22(17)16-34-27-30-15-23(31(27)21-11-9-20(28)10-12-21)26(29)19-8-13-24(32-3)25(14-19)33-4/h5-15,26H,16,29H2,1-4H3. The molecule has 0 spiro atoms. The molecule has 0 aliphatic heterocycles. The van der Waals surface area contributed by atoms with E-state index in [0.717, 1.165) is 27.9 Å². The largest absolute Gasteiger partial charge is 0.493 e. The molecular formula is C27H28FN3O2S. The number of nitrogens with two attached hydrogens (primary N) is 1. The summed E-state index contributed by atoms with van der Waals surface area (Å²) < 4.78 is 26.5. The molecule has 1 unspecified atom stereocenters. The lowest BCUT2D eigenvalue weighted by Gasteiger charge is -2.19. The van der Waals surface area contributed by atoms with E-state index < -0.39 is 6.04 Å². The summed E-state index contributed by atoms with van der Waals surface area (Å²) in [6, 6.07) is 17.8. The maximum Gasteiger partial charge on any atom is 0.173 e. The Bertz CT molecular complexity index is 1270. The first-order valence-electron chi connectivity index (χ1n) is 10.9. The molecule has 0 aliphatic rings. The van der Waals surface area contributed by atoms with Crippen molar-refractivity contribution in [3.05, 3.63) is 101 Å². The van der Waals surface area contributed by atoms with Gasteiger partial charge in [-0.15, -0.1) is 0 Å². The first kappa shape index (κ1) is 23.9. The molecule has 2 N–H and O–H groups in total. The third kappa shape index (κ3) is 4.81. The Kier molecular flexibility index (Phi) is 7.24. The van der Waals surface area contributed by atoms with E-state index in [1.807, 2.05) is 22.8 Å². The van der Waals surface area contributed by atoms with E-state index in [-0.39, 0.29) is 5.82 Å². The van der Waals surface area contributed by atoms with Crippen molar-refractivity contribution in [2.24, 2.45) is 5.73 Å². The van der Waals surface area contributed by atoms with Gasteiger partial charge in [-0.05, 0) is 72.5 Å². The summed E-state index contributed by atoms with van der Waals surface area (Å²) in [7, 11) is 3.19. The lowest BCUT2D eigenvalue weighted by Crippen LogP contribution is -2.16. The van der Waals surface area contributed by atoms with Crippen LogP contribution in [0.25, 0.3) is 5.69 Å². The smallest absolute Gasteiger partial charge is 0.173 e.